The number of hydrogen-bond donors (Lipinski definition) is 2. The van der Waals surface area contributed by atoms with E-state index in [1.54, 1.807) is 12.1 Å². The van der Waals surface area contributed by atoms with Gasteiger partial charge in [-0.1, -0.05) is 60.7 Å². The summed E-state index contributed by atoms with van der Waals surface area (Å²) in [6.45, 7) is 0.897. The molecule has 0 aromatic heterocycles. The first-order chi connectivity index (χ1) is 19.6. The number of ether oxygens (including phenoxy) is 1. The van der Waals surface area contributed by atoms with E-state index in [9.17, 15) is 23.6 Å². The van der Waals surface area contributed by atoms with Crippen LogP contribution in [-0.4, -0.2) is 63.0 Å². The van der Waals surface area contributed by atoms with Crippen molar-refractivity contribution in [1.29, 1.82) is 5.26 Å². The van der Waals surface area contributed by atoms with Gasteiger partial charge in [-0.2, -0.15) is 5.26 Å². The molecule has 0 atom stereocenters. The fourth-order valence-electron chi connectivity index (χ4n) is 5.20. The van der Waals surface area contributed by atoms with Gasteiger partial charge < -0.3 is 20.1 Å². The van der Waals surface area contributed by atoms with E-state index in [4.69, 9.17) is 4.74 Å². The van der Waals surface area contributed by atoms with Gasteiger partial charge in [0, 0.05) is 32.9 Å². The minimum Gasteiger partial charge on any atom is -0.465 e. The lowest BCUT2D eigenvalue weighted by Crippen LogP contribution is -2.45. The molecular weight excluding hydrogens is 540 g/mol. The molecule has 41 heavy (non-hydrogen) atoms. The Hall–Kier alpha value is -4.17. The van der Waals surface area contributed by atoms with Gasteiger partial charge in [0.25, 0.3) is 0 Å². The number of likely N-dealkylation sites (tertiary alicyclic amines) is 1. The zero-order chi connectivity index (χ0) is 29.6. The quantitative estimate of drug-likeness (QED) is 0.224. The molecule has 0 spiro atoms. The van der Waals surface area contributed by atoms with E-state index >= 15 is 0 Å². The minimum absolute atomic E-state index is 0.119. The smallest absolute Gasteiger partial charge is 0.352 e. The monoisotopic (exact) mass is 574 g/mol. The molecule has 2 N–H and O–H groups in total. The summed E-state index contributed by atoms with van der Waals surface area (Å²) in [7, 11) is 0.512. The number of anilines is 1. The fourth-order valence-corrected chi connectivity index (χ4v) is 6.10. The maximum absolute atomic E-state index is 12.6. The van der Waals surface area contributed by atoms with E-state index in [0.717, 1.165) is 15.4 Å². The Morgan fingerprint density at radius 1 is 0.976 bits per heavy atom. The van der Waals surface area contributed by atoms with Crippen molar-refractivity contribution in [2.24, 2.45) is 5.92 Å². The maximum Gasteiger partial charge on any atom is 0.352 e. The van der Waals surface area contributed by atoms with Crippen molar-refractivity contribution in [2.45, 2.75) is 23.3 Å². The molecule has 0 saturated carbocycles. The average molecular weight is 575 g/mol. The van der Waals surface area contributed by atoms with E-state index < -0.39 is 21.6 Å². The van der Waals surface area contributed by atoms with Gasteiger partial charge in [0.05, 0.1) is 12.0 Å². The second-order valence-corrected chi connectivity index (χ2v) is 12.2. The van der Waals surface area contributed by atoms with E-state index in [1.165, 1.54) is 33.3 Å². The van der Waals surface area contributed by atoms with Crippen molar-refractivity contribution in [3.05, 3.63) is 107 Å². The summed E-state index contributed by atoms with van der Waals surface area (Å²) in [6.07, 6.45) is 1.15. The SMILES string of the molecule is COC(=O)/C(C#N)=C(/Nc1ccc(S(=O)(=O)N(C)C)cc1)N1CCC(C(O)(c2ccccc2)c2ccccc2)CC1. The molecule has 1 aliphatic heterocycles. The predicted molar refractivity (Wildman–Crippen MR) is 156 cm³/mol. The molecule has 0 unspecified atom stereocenters. The Labute approximate surface area is 241 Å². The van der Waals surface area contributed by atoms with Crippen LogP contribution in [0.3, 0.4) is 0 Å². The van der Waals surface area contributed by atoms with Crippen LogP contribution in [0.25, 0.3) is 0 Å². The molecular formula is C31H34N4O5S. The number of nitrogens with one attached hydrogen (secondary N) is 1. The Balaban J connectivity index is 1.63. The van der Waals surface area contributed by atoms with Crippen LogP contribution in [0, 0.1) is 17.2 Å². The highest BCUT2D eigenvalue weighted by Crippen LogP contribution is 2.42. The highest BCUT2D eigenvalue weighted by molar-refractivity contribution is 7.89. The van der Waals surface area contributed by atoms with Crippen molar-refractivity contribution in [3.63, 3.8) is 0 Å². The van der Waals surface area contributed by atoms with Crippen LogP contribution in [0.15, 0.2) is 101 Å². The molecule has 1 aliphatic rings. The molecule has 214 valence electrons. The second-order valence-electron chi connectivity index (χ2n) is 10.0. The molecule has 1 saturated heterocycles. The van der Waals surface area contributed by atoms with Gasteiger partial charge in [0.1, 0.15) is 17.5 Å². The van der Waals surface area contributed by atoms with E-state index in [0.29, 0.717) is 31.6 Å². The highest BCUT2D eigenvalue weighted by Gasteiger charge is 2.42. The number of carbonyl (C=O) groups excluding carboxylic acids is 1. The minimum atomic E-state index is -3.61. The third kappa shape index (κ3) is 6.12. The molecule has 0 amide bonds. The zero-order valence-electron chi connectivity index (χ0n) is 23.3. The number of nitriles is 1. The molecule has 1 fully saturated rings. The molecule has 3 aromatic carbocycles. The van der Waals surface area contributed by atoms with Crippen LogP contribution < -0.4 is 5.32 Å². The Morgan fingerprint density at radius 2 is 1.49 bits per heavy atom. The lowest BCUT2D eigenvalue weighted by atomic mass is 9.72. The van der Waals surface area contributed by atoms with Crippen molar-refractivity contribution < 1.29 is 23.1 Å². The summed E-state index contributed by atoms with van der Waals surface area (Å²) >= 11 is 0. The number of benzene rings is 3. The van der Waals surface area contributed by atoms with Crippen LogP contribution in [0.5, 0.6) is 0 Å². The number of rotatable bonds is 9. The molecule has 0 radical (unpaired) electrons. The van der Waals surface area contributed by atoms with Crippen molar-refractivity contribution >= 4 is 21.7 Å². The third-order valence-electron chi connectivity index (χ3n) is 7.46. The standard InChI is InChI=1S/C31H34N4O5S/c1-34(2)41(38,39)27-16-14-26(15-17-27)33-29(28(22-32)30(36)40-3)35-20-18-25(19-21-35)31(37,23-10-6-4-7-11-23)24-12-8-5-9-13-24/h4-17,25,33,37H,18-21H2,1-3H3/b29-28-. The normalized spacial score (nSPS) is 15.2. The molecule has 9 nitrogen and oxygen atoms in total. The Morgan fingerprint density at radius 3 is 1.93 bits per heavy atom. The summed E-state index contributed by atoms with van der Waals surface area (Å²) in [5, 5.41) is 25.3. The number of carbonyl (C=O) groups is 1. The van der Waals surface area contributed by atoms with Crippen molar-refractivity contribution in [3.8, 4) is 6.07 Å². The van der Waals surface area contributed by atoms with Crippen LogP contribution in [-0.2, 0) is 25.2 Å². The van der Waals surface area contributed by atoms with Gasteiger partial charge in [-0.3, -0.25) is 0 Å². The molecule has 0 bridgehead atoms. The number of hydrogen-bond acceptors (Lipinski definition) is 8. The summed E-state index contributed by atoms with van der Waals surface area (Å²) in [6, 6.07) is 27.2. The largest absolute Gasteiger partial charge is 0.465 e. The number of methoxy groups -OCH3 is 1. The van der Waals surface area contributed by atoms with Crippen molar-refractivity contribution in [1.82, 2.24) is 9.21 Å². The fraction of sp³-hybridized carbons (Fsp3) is 0.290. The number of sulfonamides is 1. The lowest BCUT2D eigenvalue weighted by molar-refractivity contribution is -0.135. The highest BCUT2D eigenvalue weighted by atomic mass is 32.2. The van der Waals surface area contributed by atoms with Gasteiger partial charge in [-0.15, -0.1) is 0 Å². The van der Waals surface area contributed by atoms with Gasteiger partial charge >= 0.3 is 5.97 Å². The number of aliphatic hydroxyl groups is 1. The van der Waals surface area contributed by atoms with Gasteiger partial charge in [-0.05, 0) is 54.2 Å². The average Bonchev–Trinajstić information content (AvgIpc) is 3.01. The summed E-state index contributed by atoms with van der Waals surface area (Å²) in [5.74, 6) is -0.651. The van der Waals surface area contributed by atoms with Crippen molar-refractivity contribution in [2.75, 3.05) is 39.6 Å². The summed E-state index contributed by atoms with van der Waals surface area (Å²) < 4.78 is 31.0. The molecule has 10 heteroatoms. The number of esters is 1. The second kappa shape index (κ2) is 12.6. The van der Waals surface area contributed by atoms with E-state index in [1.807, 2.05) is 71.6 Å². The first-order valence-corrected chi connectivity index (χ1v) is 14.7. The van der Waals surface area contributed by atoms with E-state index in [-0.39, 0.29) is 22.2 Å². The zero-order valence-corrected chi connectivity index (χ0v) is 24.1. The number of nitrogens with zero attached hydrogens (tertiary/aromatic N) is 3. The third-order valence-corrected chi connectivity index (χ3v) is 9.29. The predicted octanol–water partition coefficient (Wildman–Crippen LogP) is 3.91. The summed E-state index contributed by atoms with van der Waals surface area (Å²) in [4.78, 5) is 14.6. The molecule has 4 rings (SSSR count). The van der Waals surface area contributed by atoms with Gasteiger partial charge in [-0.25, -0.2) is 17.5 Å². The number of piperidine rings is 1. The first kappa shape index (κ1) is 29.8. The lowest BCUT2D eigenvalue weighted by Gasteiger charge is -2.43. The topological polar surface area (TPSA) is 123 Å². The molecule has 3 aromatic rings. The van der Waals surface area contributed by atoms with Crippen LogP contribution in [0.1, 0.15) is 24.0 Å². The first-order valence-electron chi connectivity index (χ1n) is 13.2. The molecule has 0 aliphatic carbocycles. The van der Waals surface area contributed by atoms with Crippen LogP contribution in [0.4, 0.5) is 5.69 Å². The van der Waals surface area contributed by atoms with Gasteiger partial charge in [0.15, 0.2) is 5.57 Å². The Kier molecular flexibility index (Phi) is 9.13. The molecule has 1 heterocycles. The van der Waals surface area contributed by atoms with Crippen LogP contribution >= 0.6 is 0 Å². The van der Waals surface area contributed by atoms with E-state index in [2.05, 4.69) is 5.32 Å². The Bertz CT molecular complexity index is 1490. The van der Waals surface area contributed by atoms with Crippen LogP contribution in [0.2, 0.25) is 0 Å². The summed E-state index contributed by atoms with van der Waals surface area (Å²) in [5.41, 5.74) is 0.691. The van der Waals surface area contributed by atoms with Gasteiger partial charge in [0.2, 0.25) is 10.0 Å². The maximum atomic E-state index is 12.6.